The number of aromatic nitrogens is 1. The minimum absolute atomic E-state index is 0.0707. The van der Waals surface area contributed by atoms with Gasteiger partial charge in [-0.1, -0.05) is 0 Å². The molecular formula is C20H26N5O5S3+. The first-order valence-electron chi connectivity index (χ1n) is 10.8. The van der Waals surface area contributed by atoms with Crippen LogP contribution in [0, 0.1) is 12.8 Å². The van der Waals surface area contributed by atoms with Crippen LogP contribution in [0.15, 0.2) is 16.5 Å². The van der Waals surface area contributed by atoms with E-state index in [1.807, 2.05) is 13.8 Å². The Bertz CT molecular complexity index is 1170. The summed E-state index contributed by atoms with van der Waals surface area (Å²) in [5, 5.41) is 4.40. The SMILES string of the molecule is Cc1ncc(CN2C(=O)C3C=C(S(=O)(=O)NC4(C)CC4)SC3=[N+](CCOC3CNC3)C2=O)s1. The Balaban J connectivity index is 1.42. The van der Waals surface area contributed by atoms with Gasteiger partial charge in [0.2, 0.25) is 10.0 Å². The summed E-state index contributed by atoms with van der Waals surface area (Å²) in [7, 11) is -3.78. The molecule has 178 valence electrons. The van der Waals surface area contributed by atoms with Gasteiger partial charge in [-0.05, 0) is 44.5 Å². The van der Waals surface area contributed by atoms with E-state index in [-0.39, 0.29) is 23.4 Å². The largest absolute Gasteiger partial charge is 0.501 e. The number of thiazole rings is 1. The average Bonchev–Trinajstić information content (AvgIpc) is 3.11. The van der Waals surface area contributed by atoms with Gasteiger partial charge in [0, 0.05) is 24.8 Å². The predicted molar refractivity (Wildman–Crippen MR) is 124 cm³/mol. The summed E-state index contributed by atoms with van der Waals surface area (Å²) in [6.07, 6.45) is 4.80. The standard InChI is InChI=1S/C20H26N5O5S3/c1-12-22-10-14(31-12)11-25-17(26)15-7-16(33(28,29)23-20(2)3-4-20)32-18(15)24(19(25)27)5-6-30-13-8-21-9-13/h7,10,13,15,21,23H,3-6,8-9,11H2,1-2H3/q+1. The van der Waals surface area contributed by atoms with Gasteiger partial charge < -0.3 is 10.1 Å². The van der Waals surface area contributed by atoms with Crippen LogP contribution in [-0.4, -0.2) is 77.7 Å². The van der Waals surface area contributed by atoms with Crippen LogP contribution in [0.3, 0.4) is 0 Å². The zero-order chi connectivity index (χ0) is 23.4. The molecule has 1 aliphatic carbocycles. The molecular weight excluding hydrogens is 486 g/mol. The van der Waals surface area contributed by atoms with Crippen LogP contribution < -0.4 is 10.0 Å². The average molecular weight is 513 g/mol. The molecule has 1 saturated heterocycles. The van der Waals surface area contributed by atoms with Crippen molar-refractivity contribution in [2.75, 3.05) is 26.2 Å². The van der Waals surface area contributed by atoms with Crippen LogP contribution >= 0.6 is 23.1 Å². The molecule has 1 aromatic heterocycles. The number of hydrogen-bond acceptors (Lipinski definition) is 9. The van der Waals surface area contributed by atoms with E-state index in [4.69, 9.17) is 4.74 Å². The zero-order valence-electron chi connectivity index (χ0n) is 18.4. The monoisotopic (exact) mass is 512 g/mol. The first-order valence-corrected chi connectivity index (χ1v) is 13.9. The molecule has 3 aliphatic heterocycles. The number of nitrogens with one attached hydrogen (secondary N) is 2. The number of sulfonamides is 1. The van der Waals surface area contributed by atoms with Crippen molar-refractivity contribution in [3.05, 3.63) is 26.4 Å². The van der Waals surface area contributed by atoms with Crippen molar-refractivity contribution in [1.29, 1.82) is 0 Å². The number of carbonyl (C=O) groups is 2. The lowest BCUT2D eigenvalue weighted by Crippen LogP contribution is -2.53. The second kappa shape index (κ2) is 8.54. The molecule has 10 nitrogen and oxygen atoms in total. The number of imide groups is 1. The lowest BCUT2D eigenvalue weighted by atomic mass is 10.1. The first-order chi connectivity index (χ1) is 15.7. The van der Waals surface area contributed by atoms with Gasteiger partial charge in [-0.3, -0.25) is 0 Å². The van der Waals surface area contributed by atoms with E-state index in [0.29, 0.717) is 11.7 Å². The van der Waals surface area contributed by atoms with Crippen LogP contribution in [-0.2, 0) is 26.1 Å². The van der Waals surface area contributed by atoms with Gasteiger partial charge in [-0.15, -0.1) is 11.3 Å². The number of aryl methyl sites for hydroxylation is 1. The lowest BCUT2D eigenvalue weighted by Gasteiger charge is -2.28. The van der Waals surface area contributed by atoms with Crippen LogP contribution in [0.5, 0.6) is 0 Å². The van der Waals surface area contributed by atoms with Gasteiger partial charge in [-0.2, -0.15) is 14.3 Å². The topological polar surface area (TPSA) is 121 Å². The van der Waals surface area contributed by atoms with E-state index in [1.165, 1.54) is 26.9 Å². The number of nitrogens with zero attached hydrogens (tertiary/aromatic N) is 3. The molecule has 4 aliphatic rings. The second-order valence-electron chi connectivity index (χ2n) is 8.93. The van der Waals surface area contributed by atoms with E-state index in [1.54, 1.807) is 6.20 Å². The highest BCUT2D eigenvalue weighted by Crippen LogP contribution is 2.42. The van der Waals surface area contributed by atoms with Crippen molar-refractivity contribution < 1.29 is 27.3 Å². The van der Waals surface area contributed by atoms with Crippen LogP contribution in [0.2, 0.25) is 0 Å². The number of urea groups is 1. The predicted octanol–water partition coefficient (Wildman–Crippen LogP) is 0.989. The van der Waals surface area contributed by atoms with Gasteiger partial charge >= 0.3 is 11.9 Å². The number of thioether (sulfide) groups is 1. The van der Waals surface area contributed by atoms with E-state index in [9.17, 15) is 18.0 Å². The number of amides is 3. The van der Waals surface area contributed by atoms with E-state index in [2.05, 4.69) is 15.0 Å². The summed E-state index contributed by atoms with van der Waals surface area (Å²) in [5.74, 6) is -1.23. The number of hydrogen-bond donors (Lipinski definition) is 2. The zero-order valence-corrected chi connectivity index (χ0v) is 20.8. The highest BCUT2D eigenvalue weighted by atomic mass is 32.3. The third-order valence-corrected chi connectivity index (χ3v) is 10.3. The van der Waals surface area contributed by atoms with Crippen LogP contribution in [0.25, 0.3) is 0 Å². The van der Waals surface area contributed by atoms with Crippen molar-refractivity contribution in [3.63, 3.8) is 0 Å². The van der Waals surface area contributed by atoms with Crippen molar-refractivity contribution in [2.45, 2.75) is 44.9 Å². The molecule has 3 amide bonds. The van der Waals surface area contributed by atoms with Gasteiger partial charge in [0.15, 0.2) is 5.04 Å². The van der Waals surface area contributed by atoms with E-state index < -0.39 is 33.4 Å². The van der Waals surface area contributed by atoms with Crippen molar-refractivity contribution >= 4 is 50.1 Å². The summed E-state index contributed by atoms with van der Waals surface area (Å²) >= 11 is 2.41. The quantitative estimate of drug-likeness (QED) is 0.470. The Morgan fingerprint density at radius 3 is 2.73 bits per heavy atom. The highest BCUT2D eigenvalue weighted by Gasteiger charge is 2.53. The summed E-state index contributed by atoms with van der Waals surface area (Å²) in [4.78, 5) is 32.9. The number of fused-ring (bicyclic) bond motifs is 1. The molecule has 13 heteroatoms. The Morgan fingerprint density at radius 2 is 2.12 bits per heavy atom. The summed E-state index contributed by atoms with van der Waals surface area (Å²) in [5.41, 5.74) is -0.432. The van der Waals surface area contributed by atoms with Crippen LogP contribution in [0.1, 0.15) is 29.7 Å². The third kappa shape index (κ3) is 4.66. The fraction of sp³-hybridized carbons (Fsp3) is 0.600. The van der Waals surface area contributed by atoms with Crippen molar-refractivity contribution in [2.24, 2.45) is 5.92 Å². The normalized spacial score (nSPS) is 24.7. The first kappa shape index (κ1) is 23.1. The molecule has 33 heavy (non-hydrogen) atoms. The van der Waals surface area contributed by atoms with Gasteiger partial charge in [0.1, 0.15) is 23.2 Å². The highest BCUT2D eigenvalue weighted by molar-refractivity contribution is 8.27. The molecule has 4 heterocycles. The Hall–Kier alpha value is -1.64. The molecule has 2 fully saturated rings. The minimum Gasteiger partial charge on any atom is -0.371 e. The number of ether oxygens (including phenoxy) is 1. The maximum atomic E-state index is 13.4. The van der Waals surface area contributed by atoms with E-state index >= 15 is 0 Å². The molecule has 0 spiro atoms. The van der Waals surface area contributed by atoms with Crippen molar-refractivity contribution in [3.8, 4) is 0 Å². The Morgan fingerprint density at radius 1 is 1.36 bits per heavy atom. The summed E-state index contributed by atoms with van der Waals surface area (Å²) in [6, 6.07) is -0.464. The maximum absolute atomic E-state index is 13.4. The molecule has 1 atom stereocenters. The third-order valence-electron chi connectivity index (χ3n) is 6.08. The summed E-state index contributed by atoms with van der Waals surface area (Å²) in [6.45, 7) is 5.91. The summed E-state index contributed by atoms with van der Waals surface area (Å²) < 4.78 is 36.0. The fourth-order valence-corrected chi connectivity index (χ4v) is 7.65. The lowest BCUT2D eigenvalue weighted by molar-refractivity contribution is -0.443. The molecule has 1 unspecified atom stereocenters. The smallest absolute Gasteiger partial charge is 0.371 e. The Labute approximate surface area is 200 Å². The molecule has 0 radical (unpaired) electrons. The van der Waals surface area contributed by atoms with Crippen molar-refractivity contribution in [1.82, 2.24) is 19.9 Å². The fourth-order valence-electron chi connectivity index (χ4n) is 3.79. The minimum atomic E-state index is -3.78. The number of carbonyl (C=O) groups excluding carboxylic acids is 2. The van der Waals surface area contributed by atoms with Gasteiger partial charge in [0.05, 0.1) is 22.6 Å². The van der Waals surface area contributed by atoms with Gasteiger partial charge in [-0.25, -0.2) is 22.9 Å². The Kier molecular flexibility index (Phi) is 5.98. The maximum Gasteiger partial charge on any atom is 0.501 e. The van der Waals surface area contributed by atoms with E-state index in [0.717, 1.165) is 47.6 Å². The molecule has 2 N–H and O–H groups in total. The second-order valence-corrected chi connectivity index (χ2v) is 13.2. The molecule has 5 rings (SSSR count). The van der Waals surface area contributed by atoms with Gasteiger partial charge in [0.25, 0.3) is 0 Å². The number of rotatable bonds is 9. The molecule has 1 saturated carbocycles. The molecule has 0 aromatic carbocycles. The molecule has 1 aromatic rings. The molecule has 0 bridgehead atoms. The van der Waals surface area contributed by atoms with Crippen LogP contribution in [0.4, 0.5) is 4.79 Å².